The Bertz CT molecular complexity index is 714. The third-order valence-electron chi connectivity index (χ3n) is 3.49. The fourth-order valence-corrected chi connectivity index (χ4v) is 2.07. The van der Waals surface area contributed by atoms with E-state index in [2.05, 4.69) is 25.3 Å². The summed E-state index contributed by atoms with van der Waals surface area (Å²) in [6.45, 7) is 1.22. The number of halogens is 4. The molecule has 10 heteroatoms. The molecule has 0 aliphatic heterocycles. The van der Waals surface area contributed by atoms with Gasteiger partial charge in [0.1, 0.15) is 0 Å². The molecule has 1 aromatic carbocycles. The van der Waals surface area contributed by atoms with Crippen LogP contribution >= 0.6 is 12.4 Å². The van der Waals surface area contributed by atoms with E-state index in [0.29, 0.717) is 30.3 Å². The van der Waals surface area contributed by atoms with Crippen LogP contribution in [0.4, 0.5) is 13.2 Å². The van der Waals surface area contributed by atoms with Gasteiger partial charge in [-0.25, -0.2) is 0 Å². The smallest absolute Gasteiger partial charge is 0.351 e. The van der Waals surface area contributed by atoms with E-state index in [1.807, 2.05) is 0 Å². The van der Waals surface area contributed by atoms with Crippen molar-refractivity contribution in [2.45, 2.75) is 25.1 Å². The maximum Gasteiger partial charge on any atom is 0.471 e. The van der Waals surface area contributed by atoms with Crippen LogP contribution < -0.4 is 10.6 Å². The monoisotopic (exact) mass is 376 g/mol. The van der Waals surface area contributed by atoms with Crippen molar-refractivity contribution in [3.05, 3.63) is 35.7 Å². The summed E-state index contributed by atoms with van der Waals surface area (Å²) >= 11 is 0. The fourth-order valence-electron chi connectivity index (χ4n) is 2.07. The second kappa shape index (κ2) is 7.83. The summed E-state index contributed by atoms with van der Waals surface area (Å²) in [4.78, 5) is 15.2. The highest BCUT2D eigenvalue weighted by Gasteiger charge is 2.38. The van der Waals surface area contributed by atoms with Crippen molar-refractivity contribution in [3.8, 4) is 11.4 Å². The first-order valence-electron chi connectivity index (χ1n) is 7.46. The van der Waals surface area contributed by atoms with E-state index in [1.54, 1.807) is 0 Å². The van der Waals surface area contributed by atoms with Gasteiger partial charge in [0.15, 0.2) is 0 Å². The Balaban J connectivity index is 0.00000225. The normalized spacial score (nSPS) is 14.0. The second-order valence-electron chi connectivity index (χ2n) is 5.48. The van der Waals surface area contributed by atoms with Gasteiger partial charge in [0, 0.05) is 30.3 Å². The first-order chi connectivity index (χ1) is 11.4. The molecule has 136 valence electrons. The summed E-state index contributed by atoms with van der Waals surface area (Å²) in [6.07, 6.45) is -2.32. The SMILES string of the molecule is Cl.O=C(NCCNC1CC1)c1ccc(-c2noc(C(F)(F)F)n2)cc1. The molecule has 0 atom stereocenters. The zero-order chi connectivity index (χ0) is 17.2. The van der Waals surface area contributed by atoms with E-state index < -0.39 is 12.1 Å². The van der Waals surface area contributed by atoms with Crippen molar-refractivity contribution in [1.82, 2.24) is 20.8 Å². The Kier molecular flexibility index (Phi) is 6.02. The number of benzene rings is 1. The van der Waals surface area contributed by atoms with Crippen molar-refractivity contribution in [3.63, 3.8) is 0 Å². The van der Waals surface area contributed by atoms with E-state index in [-0.39, 0.29) is 24.1 Å². The van der Waals surface area contributed by atoms with Gasteiger partial charge in [-0.05, 0) is 25.0 Å². The highest BCUT2D eigenvalue weighted by Crippen LogP contribution is 2.29. The van der Waals surface area contributed by atoms with Gasteiger partial charge in [0.25, 0.3) is 5.91 Å². The second-order valence-corrected chi connectivity index (χ2v) is 5.48. The first-order valence-corrected chi connectivity index (χ1v) is 7.46. The number of rotatable bonds is 6. The average Bonchev–Trinajstić information content (AvgIpc) is 3.23. The minimum atomic E-state index is -4.68. The van der Waals surface area contributed by atoms with E-state index in [1.165, 1.54) is 37.1 Å². The van der Waals surface area contributed by atoms with Crippen molar-refractivity contribution >= 4 is 18.3 Å². The van der Waals surface area contributed by atoms with E-state index in [4.69, 9.17) is 0 Å². The summed E-state index contributed by atoms with van der Waals surface area (Å²) < 4.78 is 41.5. The molecule has 1 aromatic heterocycles. The molecule has 1 saturated carbocycles. The Labute approximate surface area is 147 Å². The van der Waals surface area contributed by atoms with Gasteiger partial charge in [-0.15, -0.1) is 12.4 Å². The minimum absolute atomic E-state index is 0. The maximum absolute atomic E-state index is 12.4. The minimum Gasteiger partial charge on any atom is -0.351 e. The molecule has 2 N–H and O–H groups in total. The Morgan fingerprint density at radius 3 is 2.44 bits per heavy atom. The lowest BCUT2D eigenvalue weighted by atomic mass is 10.1. The molecular formula is C15H16ClF3N4O2. The molecule has 1 fully saturated rings. The number of nitrogens with zero attached hydrogens (tertiary/aromatic N) is 2. The van der Waals surface area contributed by atoms with Crippen LogP contribution in [0, 0.1) is 0 Å². The third kappa shape index (κ3) is 5.17. The van der Waals surface area contributed by atoms with Crippen LogP contribution in [-0.2, 0) is 6.18 Å². The van der Waals surface area contributed by atoms with Crippen LogP contribution in [0.3, 0.4) is 0 Å². The molecule has 1 amide bonds. The lowest BCUT2D eigenvalue weighted by Crippen LogP contribution is -2.32. The number of hydrogen-bond donors (Lipinski definition) is 2. The lowest BCUT2D eigenvalue weighted by Gasteiger charge is -2.06. The van der Waals surface area contributed by atoms with Crippen LogP contribution in [0.15, 0.2) is 28.8 Å². The average molecular weight is 377 g/mol. The van der Waals surface area contributed by atoms with E-state index in [0.717, 1.165) is 0 Å². The fraction of sp³-hybridized carbons (Fsp3) is 0.400. The summed E-state index contributed by atoms with van der Waals surface area (Å²) in [7, 11) is 0. The first kappa shape index (κ1) is 19.2. The third-order valence-corrected chi connectivity index (χ3v) is 3.49. The molecule has 6 nitrogen and oxygen atoms in total. The summed E-state index contributed by atoms with van der Waals surface area (Å²) in [5, 5.41) is 9.34. The number of hydrogen-bond acceptors (Lipinski definition) is 5. The number of carbonyl (C=O) groups excluding carboxylic acids is 1. The largest absolute Gasteiger partial charge is 0.471 e. The number of alkyl halides is 3. The summed E-state index contributed by atoms with van der Waals surface area (Å²) in [6, 6.07) is 6.54. The number of aromatic nitrogens is 2. The predicted molar refractivity (Wildman–Crippen MR) is 85.3 cm³/mol. The van der Waals surface area contributed by atoms with Gasteiger partial charge in [-0.3, -0.25) is 4.79 Å². The Morgan fingerprint density at radius 1 is 1.20 bits per heavy atom. The molecule has 1 aliphatic carbocycles. The van der Waals surface area contributed by atoms with Gasteiger partial charge < -0.3 is 15.2 Å². The molecule has 0 radical (unpaired) electrons. The molecule has 3 rings (SSSR count). The molecule has 0 spiro atoms. The topological polar surface area (TPSA) is 80.0 Å². The Morgan fingerprint density at radius 2 is 1.88 bits per heavy atom. The van der Waals surface area contributed by atoms with Crippen molar-refractivity contribution in [2.24, 2.45) is 0 Å². The van der Waals surface area contributed by atoms with Crippen LogP contribution in [0.25, 0.3) is 11.4 Å². The zero-order valence-corrected chi connectivity index (χ0v) is 13.8. The van der Waals surface area contributed by atoms with Crippen LogP contribution in [0.1, 0.15) is 29.1 Å². The number of nitrogens with one attached hydrogen (secondary N) is 2. The lowest BCUT2D eigenvalue weighted by molar-refractivity contribution is -0.159. The van der Waals surface area contributed by atoms with Crippen molar-refractivity contribution < 1.29 is 22.5 Å². The number of carbonyl (C=O) groups is 1. The van der Waals surface area contributed by atoms with Gasteiger partial charge in [0.05, 0.1) is 0 Å². The highest BCUT2D eigenvalue weighted by molar-refractivity contribution is 5.94. The highest BCUT2D eigenvalue weighted by atomic mass is 35.5. The van der Waals surface area contributed by atoms with E-state index >= 15 is 0 Å². The quantitative estimate of drug-likeness (QED) is 0.758. The van der Waals surface area contributed by atoms with Gasteiger partial charge in [-0.2, -0.15) is 18.2 Å². The maximum atomic E-state index is 12.4. The molecule has 2 aromatic rings. The molecular weight excluding hydrogens is 361 g/mol. The van der Waals surface area contributed by atoms with Gasteiger partial charge in [-0.1, -0.05) is 17.3 Å². The van der Waals surface area contributed by atoms with Crippen LogP contribution in [0.5, 0.6) is 0 Å². The molecule has 25 heavy (non-hydrogen) atoms. The molecule has 0 unspecified atom stereocenters. The number of amides is 1. The zero-order valence-electron chi connectivity index (χ0n) is 13.0. The van der Waals surface area contributed by atoms with E-state index in [9.17, 15) is 18.0 Å². The summed E-state index contributed by atoms with van der Waals surface area (Å²) in [5.41, 5.74) is 0.742. The predicted octanol–water partition coefficient (Wildman–Crippen LogP) is 2.66. The molecule has 1 aliphatic rings. The van der Waals surface area contributed by atoms with Crippen molar-refractivity contribution in [2.75, 3.05) is 13.1 Å². The molecule has 0 bridgehead atoms. The Hall–Kier alpha value is -2.13. The molecule has 1 heterocycles. The summed E-state index contributed by atoms with van der Waals surface area (Å²) in [5.74, 6) is -1.83. The standard InChI is InChI=1S/C15H15F3N4O2.ClH/c16-15(17,18)14-21-12(22-24-14)9-1-3-10(4-2-9)13(23)20-8-7-19-11-5-6-11;/h1-4,11,19H,5-8H2,(H,20,23);1H. The molecule has 0 saturated heterocycles. The van der Waals surface area contributed by atoms with Crippen molar-refractivity contribution in [1.29, 1.82) is 0 Å². The van der Waals surface area contributed by atoms with Gasteiger partial charge in [0.2, 0.25) is 5.82 Å². The van der Waals surface area contributed by atoms with Gasteiger partial charge >= 0.3 is 12.1 Å². The van der Waals surface area contributed by atoms with Crippen LogP contribution in [-0.4, -0.2) is 35.2 Å². The van der Waals surface area contributed by atoms with Crippen LogP contribution in [0.2, 0.25) is 0 Å².